The lowest BCUT2D eigenvalue weighted by molar-refractivity contribution is 0.620. The second-order valence-corrected chi connectivity index (χ2v) is 5.78. The summed E-state index contributed by atoms with van der Waals surface area (Å²) >= 11 is 3.45. The molecule has 1 N–H and O–H groups in total. The molecule has 0 radical (unpaired) electrons. The van der Waals surface area contributed by atoms with Gasteiger partial charge in [0.2, 0.25) is 0 Å². The predicted molar refractivity (Wildman–Crippen MR) is 82.4 cm³/mol. The van der Waals surface area contributed by atoms with Crippen LogP contribution in [0.15, 0.2) is 58.1 Å². The summed E-state index contributed by atoms with van der Waals surface area (Å²) in [6, 6.07) is 17.2. The van der Waals surface area contributed by atoms with Crippen molar-refractivity contribution in [3.63, 3.8) is 0 Å². The highest BCUT2D eigenvalue weighted by molar-refractivity contribution is 9.10. The second-order valence-electron chi connectivity index (χ2n) is 4.86. The van der Waals surface area contributed by atoms with Crippen molar-refractivity contribution in [3.05, 3.63) is 69.7 Å². The number of hydrazone groups is 1. The zero-order valence-electron chi connectivity index (χ0n) is 10.7. The van der Waals surface area contributed by atoms with Gasteiger partial charge in [0.05, 0.1) is 11.8 Å². The molecule has 0 aromatic heterocycles. The molecule has 0 fully saturated rings. The number of nitrogens with one attached hydrogen (secondary N) is 1. The molecule has 1 aliphatic rings. The average molecular weight is 315 g/mol. The van der Waals surface area contributed by atoms with Crippen molar-refractivity contribution in [2.45, 2.75) is 19.4 Å². The van der Waals surface area contributed by atoms with Crippen LogP contribution in [0, 0.1) is 6.92 Å². The lowest BCUT2D eigenvalue weighted by Gasteiger charge is -2.10. The normalized spacial score (nSPS) is 18.0. The first-order valence-corrected chi connectivity index (χ1v) is 7.16. The quantitative estimate of drug-likeness (QED) is 0.882. The Balaban J connectivity index is 1.76. The van der Waals surface area contributed by atoms with Crippen LogP contribution in [0.2, 0.25) is 0 Å². The zero-order chi connectivity index (χ0) is 13.2. The van der Waals surface area contributed by atoms with E-state index in [2.05, 4.69) is 81.9 Å². The van der Waals surface area contributed by atoms with Gasteiger partial charge in [-0.3, -0.25) is 0 Å². The monoisotopic (exact) mass is 314 g/mol. The van der Waals surface area contributed by atoms with Crippen LogP contribution in [0.3, 0.4) is 0 Å². The van der Waals surface area contributed by atoms with E-state index in [9.17, 15) is 0 Å². The highest BCUT2D eigenvalue weighted by Gasteiger charge is 2.20. The predicted octanol–water partition coefficient (Wildman–Crippen LogP) is 4.20. The van der Waals surface area contributed by atoms with Gasteiger partial charge < -0.3 is 5.43 Å². The molecule has 0 bridgehead atoms. The lowest BCUT2D eigenvalue weighted by Crippen LogP contribution is -2.09. The molecule has 3 rings (SSSR count). The van der Waals surface area contributed by atoms with Crippen molar-refractivity contribution in [3.8, 4) is 0 Å². The van der Waals surface area contributed by atoms with Crippen molar-refractivity contribution < 1.29 is 0 Å². The van der Waals surface area contributed by atoms with E-state index in [1.54, 1.807) is 0 Å². The van der Waals surface area contributed by atoms with Crippen molar-refractivity contribution in [2.24, 2.45) is 5.10 Å². The summed E-state index contributed by atoms with van der Waals surface area (Å²) in [5.74, 6) is 0. The Bertz CT molecular complexity index is 600. The fourth-order valence-electron chi connectivity index (χ4n) is 2.26. The minimum Gasteiger partial charge on any atom is -0.302 e. The number of aryl methyl sites for hydroxylation is 1. The summed E-state index contributed by atoms with van der Waals surface area (Å²) in [6.07, 6.45) is 0.935. The molecule has 2 aromatic rings. The Labute approximate surface area is 121 Å². The van der Waals surface area contributed by atoms with Crippen LogP contribution in [0.4, 0.5) is 0 Å². The highest BCUT2D eigenvalue weighted by atomic mass is 79.9. The maximum absolute atomic E-state index is 4.47. The van der Waals surface area contributed by atoms with Gasteiger partial charge in [-0.05, 0) is 30.2 Å². The first-order valence-electron chi connectivity index (χ1n) is 6.37. The number of halogens is 1. The maximum atomic E-state index is 4.47. The number of nitrogens with zero attached hydrogens (tertiary/aromatic N) is 1. The van der Waals surface area contributed by atoms with Gasteiger partial charge in [0.1, 0.15) is 0 Å². The third-order valence-electron chi connectivity index (χ3n) is 3.41. The third-order valence-corrected chi connectivity index (χ3v) is 3.94. The first-order chi connectivity index (χ1) is 9.22. The van der Waals surface area contributed by atoms with Gasteiger partial charge in [-0.1, -0.05) is 57.9 Å². The van der Waals surface area contributed by atoms with Gasteiger partial charge in [-0.15, -0.1) is 0 Å². The van der Waals surface area contributed by atoms with E-state index in [1.807, 2.05) is 0 Å². The molecule has 19 heavy (non-hydrogen) atoms. The molecule has 1 aliphatic heterocycles. The molecule has 1 unspecified atom stereocenters. The van der Waals surface area contributed by atoms with Gasteiger partial charge >= 0.3 is 0 Å². The molecule has 0 amide bonds. The topological polar surface area (TPSA) is 24.4 Å². The Morgan fingerprint density at radius 1 is 1.05 bits per heavy atom. The minimum atomic E-state index is 0.291. The first kappa shape index (κ1) is 12.4. The van der Waals surface area contributed by atoms with Gasteiger partial charge in [0.15, 0.2) is 0 Å². The fraction of sp³-hybridized carbons (Fsp3) is 0.188. The van der Waals surface area contributed by atoms with E-state index < -0.39 is 0 Å². The largest absolute Gasteiger partial charge is 0.302 e. The minimum absolute atomic E-state index is 0.291. The summed E-state index contributed by atoms with van der Waals surface area (Å²) in [7, 11) is 0. The summed E-state index contributed by atoms with van der Waals surface area (Å²) in [5, 5.41) is 4.47. The van der Waals surface area contributed by atoms with E-state index >= 15 is 0 Å². The average Bonchev–Trinajstić information content (AvgIpc) is 2.90. The zero-order valence-corrected chi connectivity index (χ0v) is 12.3. The summed E-state index contributed by atoms with van der Waals surface area (Å²) in [5.41, 5.74) is 8.12. The molecular weight excluding hydrogens is 300 g/mol. The van der Waals surface area contributed by atoms with E-state index in [4.69, 9.17) is 0 Å². The molecule has 1 atom stereocenters. The van der Waals surface area contributed by atoms with Gasteiger partial charge in [0.25, 0.3) is 0 Å². The van der Waals surface area contributed by atoms with Crippen LogP contribution in [-0.2, 0) is 0 Å². The van der Waals surface area contributed by atoms with E-state index in [0.29, 0.717) is 6.04 Å². The van der Waals surface area contributed by atoms with E-state index in [-0.39, 0.29) is 0 Å². The van der Waals surface area contributed by atoms with E-state index in [0.717, 1.165) is 16.6 Å². The highest BCUT2D eigenvalue weighted by Crippen LogP contribution is 2.25. The van der Waals surface area contributed by atoms with Crippen molar-refractivity contribution >= 4 is 21.6 Å². The molecule has 1 heterocycles. The molecular formula is C16H15BrN2. The van der Waals surface area contributed by atoms with Crippen LogP contribution < -0.4 is 5.43 Å². The second kappa shape index (κ2) is 5.17. The standard InChI is InChI=1S/C16H15BrN2/c1-11-2-4-12(5-3-11)15-10-16(19-18-15)13-6-8-14(17)9-7-13/h2-9,15,18H,10H2,1H3. The van der Waals surface area contributed by atoms with Crippen LogP contribution in [0.25, 0.3) is 0 Å². The van der Waals surface area contributed by atoms with Crippen molar-refractivity contribution in [1.29, 1.82) is 0 Å². The molecule has 2 nitrogen and oxygen atoms in total. The van der Waals surface area contributed by atoms with Crippen LogP contribution in [0.1, 0.15) is 29.2 Å². The van der Waals surface area contributed by atoms with Crippen LogP contribution >= 0.6 is 15.9 Å². The number of hydrogen-bond acceptors (Lipinski definition) is 2. The van der Waals surface area contributed by atoms with E-state index in [1.165, 1.54) is 16.7 Å². The molecule has 0 saturated heterocycles. The Hall–Kier alpha value is -1.61. The molecule has 0 saturated carbocycles. The summed E-state index contributed by atoms with van der Waals surface area (Å²) < 4.78 is 1.10. The Kier molecular flexibility index (Phi) is 3.38. The summed E-state index contributed by atoms with van der Waals surface area (Å²) in [6.45, 7) is 2.11. The molecule has 2 aromatic carbocycles. The third kappa shape index (κ3) is 2.71. The van der Waals surface area contributed by atoms with Crippen LogP contribution in [0.5, 0.6) is 0 Å². The SMILES string of the molecule is Cc1ccc(C2CC(c3ccc(Br)cc3)=NN2)cc1. The summed E-state index contributed by atoms with van der Waals surface area (Å²) in [4.78, 5) is 0. The molecule has 0 aliphatic carbocycles. The van der Waals surface area contributed by atoms with Gasteiger partial charge in [-0.2, -0.15) is 5.10 Å². The Morgan fingerprint density at radius 3 is 2.42 bits per heavy atom. The lowest BCUT2D eigenvalue weighted by atomic mass is 9.98. The molecule has 0 spiro atoms. The number of hydrogen-bond donors (Lipinski definition) is 1. The van der Waals surface area contributed by atoms with Crippen molar-refractivity contribution in [2.75, 3.05) is 0 Å². The maximum Gasteiger partial charge on any atom is 0.0745 e. The van der Waals surface area contributed by atoms with Gasteiger partial charge in [-0.25, -0.2) is 0 Å². The fourth-order valence-corrected chi connectivity index (χ4v) is 2.52. The van der Waals surface area contributed by atoms with Crippen molar-refractivity contribution in [1.82, 2.24) is 5.43 Å². The Morgan fingerprint density at radius 2 is 1.74 bits per heavy atom. The molecule has 3 heteroatoms. The van der Waals surface area contributed by atoms with Gasteiger partial charge in [0, 0.05) is 10.9 Å². The number of benzene rings is 2. The smallest absolute Gasteiger partial charge is 0.0745 e. The molecule has 96 valence electrons. The van der Waals surface area contributed by atoms with Crippen LogP contribution in [-0.4, -0.2) is 5.71 Å². The number of rotatable bonds is 2.